The molecular formula is C7H9N3O2. The molecule has 0 radical (unpaired) electrons. The second-order valence-electron chi connectivity index (χ2n) is 2.79. The highest BCUT2D eigenvalue weighted by Crippen LogP contribution is 2.33. The summed E-state index contributed by atoms with van der Waals surface area (Å²) < 4.78 is 1.61. The highest BCUT2D eigenvalue weighted by atomic mass is 16.6. The summed E-state index contributed by atoms with van der Waals surface area (Å²) in [4.78, 5) is 19.4. The topological polar surface area (TPSA) is 70.1 Å². The van der Waals surface area contributed by atoms with Gasteiger partial charge in [-0.05, 0) is 12.8 Å². The lowest BCUT2D eigenvalue weighted by Crippen LogP contribution is -2.23. The molecule has 12 heavy (non-hydrogen) atoms. The Bertz CT molecular complexity index is 343. The fourth-order valence-corrected chi connectivity index (χ4v) is 1.13. The fraction of sp³-hybridized carbons (Fsp3) is 0.429. The van der Waals surface area contributed by atoms with Crippen LogP contribution in [-0.2, 0) is 0 Å². The van der Waals surface area contributed by atoms with Crippen LogP contribution in [0.2, 0.25) is 0 Å². The average Bonchev–Trinajstić information content (AvgIpc) is 2.88. The third-order valence-corrected chi connectivity index (χ3v) is 1.89. The van der Waals surface area contributed by atoms with Crippen LogP contribution in [0.5, 0.6) is 5.88 Å². The van der Waals surface area contributed by atoms with Gasteiger partial charge < -0.3 is 9.40 Å². The van der Waals surface area contributed by atoms with Crippen LogP contribution in [0.4, 0.5) is 0 Å². The Morgan fingerprint density at radius 3 is 3.00 bits per heavy atom. The zero-order valence-electron chi connectivity index (χ0n) is 6.43. The van der Waals surface area contributed by atoms with Crippen molar-refractivity contribution in [2.24, 2.45) is 5.90 Å². The van der Waals surface area contributed by atoms with Gasteiger partial charge in [-0.1, -0.05) is 0 Å². The van der Waals surface area contributed by atoms with Gasteiger partial charge in [-0.3, -0.25) is 4.79 Å². The van der Waals surface area contributed by atoms with E-state index < -0.39 is 0 Å². The molecule has 0 atom stereocenters. The van der Waals surface area contributed by atoms with E-state index in [1.807, 2.05) is 0 Å². The van der Waals surface area contributed by atoms with Crippen LogP contribution in [0.15, 0.2) is 17.2 Å². The van der Waals surface area contributed by atoms with Crippen LogP contribution in [0, 0.1) is 0 Å². The molecule has 5 nitrogen and oxygen atoms in total. The van der Waals surface area contributed by atoms with Crippen LogP contribution < -0.4 is 16.3 Å². The molecule has 0 amide bonds. The van der Waals surface area contributed by atoms with E-state index in [4.69, 9.17) is 5.90 Å². The molecule has 0 spiro atoms. The summed E-state index contributed by atoms with van der Waals surface area (Å²) in [5.74, 6) is 4.83. The fourth-order valence-electron chi connectivity index (χ4n) is 1.13. The van der Waals surface area contributed by atoms with Crippen molar-refractivity contribution in [1.29, 1.82) is 0 Å². The predicted octanol–water partition coefficient (Wildman–Crippen LogP) is -0.169. The van der Waals surface area contributed by atoms with Gasteiger partial charge in [-0.2, -0.15) is 5.90 Å². The summed E-state index contributed by atoms with van der Waals surface area (Å²) >= 11 is 0. The highest BCUT2D eigenvalue weighted by molar-refractivity contribution is 5.06. The van der Waals surface area contributed by atoms with Crippen LogP contribution >= 0.6 is 0 Å². The van der Waals surface area contributed by atoms with E-state index in [2.05, 4.69) is 9.82 Å². The molecule has 0 unspecified atom stereocenters. The number of rotatable bonds is 2. The first kappa shape index (κ1) is 7.30. The SMILES string of the molecule is NOc1nccn(C2CC2)c1=O. The minimum absolute atomic E-state index is 0.0376. The van der Waals surface area contributed by atoms with E-state index in [-0.39, 0.29) is 11.4 Å². The van der Waals surface area contributed by atoms with E-state index >= 15 is 0 Å². The number of nitrogens with two attached hydrogens (primary N) is 1. The first-order valence-electron chi connectivity index (χ1n) is 3.77. The van der Waals surface area contributed by atoms with Gasteiger partial charge in [0.1, 0.15) is 0 Å². The molecule has 5 heteroatoms. The molecule has 1 aromatic heterocycles. The smallest absolute Gasteiger partial charge is 0.315 e. The zero-order chi connectivity index (χ0) is 8.55. The molecule has 64 valence electrons. The number of hydrogen-bond donors (Lipinski definition) is 1. The largest absolute Gasteiger partial charge is 0.385 e. The standard InChI is InChI=1S/C7H9N3O2/c8-12-6-7(11)10(4-3-9-6)5-1-2-5/h3-5H,1-2,8H2. The lowest BCUT2D eigenvalue weighted by atomic mass is 10.6. The molecule has 0 bridgehead atoms. The number of hydrogen-bond acceptors (Lipinski definition) is 4. The van der Waals surface area contributed by atoms with Crippen molar-refractivity contribution in [3.05, 3.63) is 22.7 Å². The van der Waals surface area contributed by atoms with E-state index in [9.17, 15) is 4.79 Å². The Morgan fingerprint density at radius 2 is 2.42 bits per heavy atom. The zero-order valence-corrected chi connectivity index (χ0v) is 6.43. The quantitative estimate of drug-likeness (QED) is 0.621. The number of aromatic nitrogens is 2. The summed E-state index contributed by atoms with van der Waals surface area (Å²) in [5.41, 5.74) is -0.248. The number of nitrogens with zero attached hydrogens (tertiary/aromatic N) is 2. The van der Waals surface area contributed by atoms with Crippen molar-refractivity contribution < 1.29 is 4.84 Å². The third-order valence-electron chi connectivity index (χ3n) is 1.89. The van der Waals surface area contributed by atoms with Crippen molar-refractivity contribution >= 4 is 0 Å². The molecule has 2 rings (SSSR count). The Balaban J connectivity index is 2.48. The minimum Gasteiger partial charge on any atom is -0.385 e. The molecule has 1 aromatic rings. The molecule has 0 aliphatic heterocycles. The molecule has 1 aliphatic carbocycles. The molecule has 1 aliphatic rings. The lowest BCUT2D eigenvalue weighted by Gasteiger charge is -2.02. The minimum atomic E-state index is -0.248. The molecule has 1 saturated carbocycles. The van der Waals surface area contributed by atoms with Gasteiger partial charge in [0.2, 0.25) is 0 Å². The van der Waals surface area contributed by atoms with Gasteiger partial charge >= 0.3 is 11.4 Å². The molecule has 2 N–H and O–H groups in total. The maximum Gasteiger partial charge on any atom is 0.315 e. The van der Waals surface area contributed by atoms with Crippen LogP contribution in [0.3, 0.4) is 0 Å². The van der Waals surface area contributed by atoms with Gasteiger partial charge in [-0.25, -0.2) is 4.98 Å². The molecular weight excluding hydrogens is 158 g/mol. The maximum atomic E-state index is 11.4. The normalized spacial score (nSPS) is 16.1. The molecule has 0 saturated heterocycles. The average molecular weight is 167 g/mol. The summed E-state index contributed by atoms with van der Waals surface area (Å²) in [5, 5.41) is 0. The Kier molecular flexibility index (Phi) is 1.58. The van der Waals surface area contributed by atoms with Gasteiger partial charge in [0.15, 0.2) is 0 Å². The summed E-state index contributed by atoms with van der Waals surface area (Å²) in [6.45, 7) is 0. The first-order chi connectivity index (χ1) is 5.83. The Morgan fingerprint density at radius 1 is 1.67 bits per heavy atom. The van der Waals surface area contributed by atoms with E-state index in [1.54, 1.807) is 10.8 Å². The van der Waals surface area contributed by atoms with Crippen molar-refractivity contribution in [2.75, 3.05) is 0 Å². The summed E-state index contributed by atoms with van der Waals surface area (Å²) in [6, 6.07) is 0.328. The van der Waals surface area contributed by atoms with Crippen molar-refractivity contribution in [2.45, 2.75) is 18.9 Å². The monoisotopic (exact) mass is 167 g/mol. The van der Waals surface area contributed by atoms with Gasteiger partial charge in [0.05, 0.1) is 0 Å². The van der Waals surface area contributed by atoms with E-state index in [1.165, 1.54) is 6.20 Å². The van der Waals surface area contributed by atoms with Gasteiger partial charge in [0.25, 0.3) is 0 Å². The Hall–Kier alpha value is -1.36. The second-order valence-corrected chi connectivity index (χ2v) is 2.79. The van der Waals surface area contributed by atoms with Gasteiger partial charge in [0, 0.05) is 18.4 Å². The van der Waals surface area contributed by atoms with Gasteiger partial charge in [-0.15, -0.1) is 0 Å². The van der Waals surface area contributed by atoms with Crippen LogP contribution in [0.25, 0.3) is 0 Å². The van der Waals surface area contributed by atoms with Crippen molar-refractivity contribution in [3.63, 3.8) is 0 Å². The van der Waals surface area contributed by atoms with Crippen LogP contribution in [0.1, 0.15) is 18.9 Å². The lowest BCUT2D eigenvalue weighted by molar-refractivity contribution is 0.311. The van der Waals surface area contributed by atoms with Crippen LogP contribution in [-0.4, -0.2) is 9.55 Å². The summed E-state index contributed by atoms with van der Waals surface area (Å²) in [7, 11) is 0. The Labute approximate surface area is 68.7 Å². The van der Waals surface area contributed by atoms with E-state index in [0.29, 0.717) is 6.04 Å². The van der Waals surface area contributed by atoms with Crippen molar-refractivity contribution in [1.82, 2.24) is 9.55 Å². The second kappa shape index (κ2) is 2.60. The first-order valence-corrected chi connectivity index (χ1v) is 3.77. The maximum absolute atomic E-state index is 11.4. The molecule has 0 aromatic carbocycles. The third kappa shape index (κ3) is 1.08. The molecule has 1 fully saturated rings. The van der Waals surface area contributed by atoms with Crippen molar-refractivity contribution in [3.8, 4) is 5.88 Å². The van der Waals surface area contributed by atoms with E-state index in [0.717, 1.165) is 12.8 Å². The summed E-state index contributed by atoms with van der Waals surface area (Å²) in [6.07, 6.45) is 5.27. The molecule has 1 heterocycles. The highest BCUT2D eigenvalue weighted by Gasteiger charge is 2.25. The predicted molar refractivity (Wildman–Crippen MR) is 41.6 cm³/mol.